The van der Waals surface area contributed by atoms with Gasteiger partial charge in [0.2, 0.25) is 0 Å². The molecule has 4 aromatic rings. The number of benzene rings is 2. The lowest BCUT2D eigenvalue weighted by molar-refractivity contribution is 0.311. The van der Waals surface area contributed by atoms with Gasteiger partial charge in [-0.2, -0.15) is 0 Å². The van der Waals surface area contributed by atoms with E-state index in [2.05, 4.69) is 32.3 Å². The highest BCUT2D eigenvalue weighted by Gasteiger charge is 2.37. The maximum atomic E-state index is 14.2. The second-order valence-corrected chi connectivity index (χ2v) is 10.3. The summed E-state index contributed by atoms with van der Waals surface area (Å²) >= 11 is 0. The first-order valence-electron chi connectivity index (χ1n) is 13.1. The summed E-state index contributed by atoms with van der Waals surface area (Å²) in [5, 5.41) is 13.9. The highest BCUT2D eigenvalue weighted by Crippen LogP contribution is 2.41. The predicted molar refractivity (Wildman–Crippen MR) is 140 cm³/mol. The summed E-state index contributed by atoms with van der Waals surface area (Å²) in [5.74, 6) is 1.09. The van der Waals surface area contributed by atoms with Crippen molar-refractivity contribution in [2.24, 2.45) is 0 Å². The maximum absolute atomic E-state index is 14.2. The summed E-state index contributed by atoms with van der Waals surface area (Å²) in [6.45, 7) is 2.15. The standard InChI is InChI=1S/C28H31FN6O2/c1-17-8-9-18-14-20(29)10-13-25(18)34(17)26(27-31-32-33-35(27)21-6-4-3-5-7-21)23-16-19-15-22(37-2)11-12-24(19)30-28(23)36/h10-17,21,26H,3-9H2,1-2H3,(H,30,36)/t17-,26-/m0/s1. The van der Waals surface area contributed by atoms with Gasteiger partial charge in [-0.1, -0.05) is 19.3 Å². The van der Waals surface area contributed by atoms with Gasteiger partial charge < -0.3 is 14.6 Å². The highest BCUT2D eigenvalue weighted by molar-refractivity contribution is 5.81. The third-order valence-corrected chi connectivity index (χ3v) is 7.96. The Hall–Kier alpha value is -3.75. The predicted octanol–water partition coefficient (Wildman–Crippen LogP) is 5.10. The summed E-state index contributed by atoms with van der Waals surface area (Å²) < 4.78 is 21.6. The molecule has 2 aromatic heterocycles. The minimum atomic E-state index is -0.546. The first-order chi connectivity index (χ1) is 18.0. The fraction of sp³-hybridized carbons (Fsp3) is 0.429. The van der Waals surface area contributed by atoms with Gasteiger partial charge in [0.25, 0.3) is 5.56 Å². The quantitative estimate of drug-likeness (QED) is 0.409. The lowest BCUT2D eigenvalue weighted by Gasteiger charge is -2.42. The minimum Gasteiger partial charge on any atom is -0.497 e. The van der Waals surface area contributed by atoms with E-state index in [1.165, 1.54) is 12.5 Å². The van der Waals surface area contributed by atoms with Gasteiger partial charge >= 0.3 is 0 Å². The van der Waals surface area contributed by atoms with Crippen LogP contribution in [0.4, 0.5) is 10.1 Å². The Morgan fingerprint density at radius 3 is 2.73 bits per heavy atom. The molecule has 1 aliphatic heterocycles. The van der Waals surface area contributed by atoms with Gasteiger partial charge in [0.05, 0.1) is 13.2 Å². The van der Waals surface area contributed by atoms with Crippen molar-refractivity contribution in [1.29, 1.82) is 0 Å². The van der Waals surface area contributed by atoms with Crippen LogP contribution in [0.3, 0.4) is 0 Å². The number of anilines is 1. The molecule has 1 fully saturated rings. The zero-order chi connectivity index (χ0) is 25.5. The maximum Gasteiger partial charge on any atom is 0.254 e. The molecule has 1 aliphatic carbocycles. The fourth-order valence-corrected chi connectivity index (χ4v) is 6.05. The Morgan fingerprint density at radius 2 is 1.92 bits per heavy atom. The molecule has 0 amide bonds. The molecule has 0 spiro atoms. The molecule has 37 heavy (non-hydrogen) atoms. The average Bonchev–Trinajstić information content (AvgIpc) is 3.40. The van der Waals surface area contributed by atoms with Crippen molar-refractivity contribution in [2.45, 2.75) is 70.0 Å². The van der Waals surface area contributed by atoms with E-state index in [0.717, 1.165) is 60.7 Å². The number of aromatic amines is 1. The fourth-order valence-electron chi connectivity index (χ4n) is 6.05. The van der Waals surface area contributed by atoms with E-state index in [9.17, 15) is 9.18 Å². The molecule has 2 aliphatic rings. The largest absolute Gasteiger partial charge is 0.497 e. The molecule has 3 heterocycles. The third-order valence-electron chi connectivity index (χ3n) is 7.96. The van der Waals surface area contributed by atoms with E-state index in [-0.39, 0.29) is 23.5 Å². The zero-order valence-electron chi connectivity index (χ0n) is 21.2. The Bertz CT molecular complexity index is 1490. The van der Waals surface area contributed by atoms with Gasteiger partial charge in [-0.3, -0.25) is 4.79 Å². The topological polar surface area (TPSA) is 88.9 Å². The average molecular weight is 503 g/mol. The second kappa shape index (κ2) is 9.61. The number of aryl methyl sites for hydroxylation is 1. The Labute approximate surface area is 214 Å². The van der Waals surface area contributed by atoms with Gasteiger partial charge in [0.15, 0.2) is 5.82 Å². The van der Waals surface area contributed by atoms with E-state index in [0.29, 0.717) is 17.1 Å². The van der Waals surface area contributed by atoms with Gasteiger partial charge in [-0.25, -0.2) is 9.07 Å². The van der Waals surface area contributed by atoms with Crippen LogP contribution >= 0.6 is 0 Å². The van der Waals surface area contributed by atoms with Crippen LogP contribution in [0.1, 0.15) is 74.5 Å². The molecule has 8 nitrogen and oxygen atoms in total. The van der Waals surface area contributed by atoms with Crippen LogP contribution in [-0.2, 0) is 6.42 Å². The summed E-state index contributed by atoms with van der Waals surface area (Å²) in [7, 11) is 1.63. The monoisotopic (exact) mass is 502 g/mol. The van der Waals surface area contributed by atoms with Crippen molar-refractivity contribution in [3.63, 3.8) is 0 Å². The summed E-state index contributed by atoms with van der Waals surface area (Å²) in [6.07, 6.45) is 7.10. The van der Waals surface area contributed by atoms with Crippen molar-refractivity contribution in [3.05, 3.63) is 75.6 Å². The molecule has 0 saturated heterocycles. The molecule has 1 N–H and O–H groups in total. The van der Waals surface area contributed by atoms with E-state index in [4.69, 9.17) is 4.74 Å². The first-order valence-corrected chi connectivity index (χ1v) is 13.1. The third kappa shape index (κ3) is 4.26. The molecule has 0 radical (unpaired) electrons. The molecule has 9 heteroatoms. The van der Waals surface area contributed by atoms with Gasteiger partial charge in [-0.15, -0.1) is 5.10 Å². The van der Waals surface area contributed by atoms with Crippen LogP contribution in [0.2, 0.25) is 0 Å². The Kier molecular flexibility index (Phi) is 6.14. The molecule has 192 valence electrons. The molecule has 2 aromatic carbocycles. The van der Waals surface area contributed by atoms with Crippen LogP contribution in [0.5, 0.6) is 5.75 Å². The lowest BCUT2D eigenvalue weighted by atomic mass is 9.91. The summed E-state index contributed by atoms with van der Waals surface area (Å²) in [4.78, 5) is 18.9. The van der Waals surface area contributed by atoms with Crippen molar-refractivity contribution < 1.29 is 9.13 Å². The van der Waals surface area contributed by atoms with E-state index < -0.39 is 6.04 Å². The van der Waals surface area contributed by atoms with Crippen LogP contribution in [0, 0.1) is 5.82 Å². The SMILES string of the molecule is COc1ccc2[nH]c(=O)c([C@@H](c3nnnn3C3CCCCC3)N3c4ccc(F)cc4CC[C@@H]3C)cc2c1. The van der Waals surface area contributed by atoms with Crippen LogP contribution in [0.25, 0.3) is 10.9 Å². The van der Waals surface area contributed by atoms with Crippen molar-refractivity contribution in [3.8, 4) is 5.75 Å². The first kappa shape index (κ1) is 23.6. The van der Waals surface area contributed by atoms with Crippen molar-refractivity contribution in [2.75, 3.05) is 12.0 Å². The molecule has 0 bridgehead atoms. The summed E-state index contributed by atoms with van der Waals surface area (Å²) in [5.41, 5.74) is 2.93. The van der Waals surface area contributed by atoms with Gasteiger partial charge in [-0.05, 0) is 91.1 Å². The van der Waals surface area contributed by atoms with Crippen molar-refractivity contribution in [1.82, 2.24) is 25.2 Å². The Balaban J connectivity index is 1.58. The van der Waals surface area contributed by atoms with Gasteiger partial charge in [0, 0.05) is 28.2 Å². The lowest BCUT2D eigenvalue weighted by Crippen LogP contribution is -2.44. The number of methoxy groups -OCH3 is 1. The molecular weight excluding hydrogens is 471 g/mol. The molecule has 1 saturated carbocycles. The normalized spacial score (nSPS) is 19.1. The van der Waals surface area contributed by atoms with E-state index >= 15 is 0 Å². The number of nitrogens with zero attached hydrogens (tertiary/aromatic N) is 5. The van der Waals surface area contributed by atoms with E-state index in [1.807, 2.05) is 35.0 Å². The van der Waals surface area contributed by atoms with Crippen LogP contribution in [-0.4, -0.2) is 38.3 Å². The smallest absolute Gasteiger partial charge is 0.254 e. The number of nitrogens with one attached hydrogen (secondary N) is 1. The summed E-state index contributed by atoms with van der Waals surface area (Å²) in [6, 6.07) is 12.2. The number of hydrogen-bond donors (Lipinski definition) is 1. The number of aromatic nitrogens is 5. The number of pyridine rings is 1. The number of H-pyrrole nitrogens is 1. The highest BCUT2D eigenvalue weighted by atomic mass is 19.1. The van der Waals surface area contributed by atoms with Crippen LogP contribution < -0.4 is 15.2 Å². The number of tetrazole rings is 1. The number of ether oxygens (including phenoxy) is 1. The molecule has 6 rings (SSSR count). The molecule has 0 unspecified atom stereocenters. The van der Waals surface area contributed by atoms with E-state index in [1.54, 1.807) is 13.2 Å². The van der Waals surface area contributed by atoms with Crippen molar-refractivity contribution >= 4 is 16.6 Å². The van der Waals surface area contributed by atoms with Gasteiger partial charge in [0.1, 0.15) is 17.6 Å². The van der Waals surface area contributed by atoms with Crippen LogP contribution in [0.15, 0.2) is 47.3 Å². The number of fused-ring (bicyclic) bond motifs is 2. The second-order valence-electron chi connectivity index (χ2n) is 10.3. The number of halogens is 1. The molecular formula is C28H31FN6O2. The minimum absolute atomic E-state index is 0.0832. The number of rotatable bonds is 5. The molecule has 2 atom stereocenters. The Morgan fingerprint density at radius 1 is 1.08 bits per heavy atom. The zero-order valence-corrected chi connectivity index (χ0v) is 21.2. The number of hydrogen-bond acceptors (Lipinski definition) is 6.